The SMILES string of the molecule is NC(=NC(=O)/C(N)=C(/Nc1ccccc1F)c1ccccc1)c1cccc(C(F)(F)F)c1. The van der Waals surface area contributed by atoms with Gasteiger partial charge in [-0.15, -0.1) is 0 Å². The van der Waals surface area contributed by atoms with E-state index in [1.807, 2.05) is 0 Å². The van der Waals surface area contributed by atoms with Gasteiger partial charge in [-0.1, -0.05) is 54.6 Å². The molecule has 0 atom stereocenters. The number of hydrogen-bond donors (Lipinski definition) is 3. The Morgan fingerprint density at radius 2 is 1.47 bits per heavy atom. The van der Waals surface area contributed by atoms with Gasteiger partial charge in [0.05, 0.1) is 16.9 Å². The van der Waals surface area contributed by atoms with E-state index in [1.54, 1.807) is 36.4 Å². The molecule has 0 spiro atoms. The summed E-state index contributed by atoms with van der Waals surface area (Å²) in [7, 11) is 0. The van der Waals surface area contributed by atoms with Crippen molar-refractivity contribution in [3.63, 3.8) is 0 Å². The molecule has 5 nitrogen and oxygen atoms in total. The van der Waals surface area contributed by atoms with E-state index in [9.17, 15) is 22.4 Å². The first-order chi connectivity index (χ1) is 15.2. The van der Waals surface area contributed by atoms with Crippen LogP contribution in [0.2, 0.25) is 0 Å². The van der Waals surface area contributed by atoms with Crippen molar-refractivity contribution in [3.05, 3.63) is 107 Å². The number of anilines is 1. The van der Waals surface area contributed by atoms with Crippen molar-refractivity contribution in [1.82, 2.24) is 0 Å². The van der Waals surface area contributed by atoms with Gasteiger partial charge in [0.15, 0.2) is 0 Å². The molecular formula is C23H18F4N4O. The zero-order chi connectivity index (χ0) is 23.3. The maximum atomic E-state index is 14.1. The van der Waals surface area contributed by atoms with Crippen LogP contribution in [0.3, 0.4) is 0 Å². The fraction of sp³-hybridized carbons (Fsp3) is 0.0435. The van der Waals surface area contributed by atoms with E-state index in [2.05, 4.69) is 10.3 Å². The average Bonchev–Trinajstić information content (AvgIpc) is 2.78. The third-order valence-corrected chi connectivity index (χ3v) is 4.40. The minimum Gasteiger partial charge on any atom is -0.392 e. The van der Waals surface area contributed by atoms with Crippen LogP contribution in [-0.4, -0.2) is 11.7 Å². The van der Waals surface area contributed by atoms with Crippen LogP contribution < -0.4 is 16.8 Å². The molecule has 3 rings (SSSR count). The molecule has 9 heteroatoms. The third kappa shape index (κ3) is 5.31. The lowest BCUT2D eigenvalue weighted by Gasteiger charge is -2.14. The summed E-state index contributed by atoms with van der Waals surface area (Å²) in [5.41, 5.74) is 11.0. The molecule has 3 aromatic carbocycles. The fourth-order valence-corrected chi connectivity index (χ4v) is 2.79. The number of halogens is 4. The Bertz CT molecular complexity index is 1190. The number of carbonyl (C=O) groups excluding carboxylic acids is 1. The summed E-state index contributed by atoms with van der Waals surface area (Å²) in [6.07, 6.45) is -4.58. The Morgan fingerprint density at radius 3 is 2.12 bits per heavy atom. The number of nitrogens with zero attached hydrogens (tertiary/aromatic N) is 1. The molecule has 0 aliphatic rings. The normalized spacial score (nSPS) is 12.8. The van der Waals surface area contributed by atoms with Gasteiger partial charge < -0.3 is 16.8 Å². The highest BCUT2D eigenvalue weighted by atomic mass is 19.4. The first kappa shape index (κ1) is 22.5. The Hall–Kier alpha value is -4.14. The Kier molecular flexibility index (Phi) is 6.58. The van der Waals surface area contributed by atoms with Gasteiger partial charge in [0.2, 0.25) is 0 Å². The lowest BCUT2D eigenvalue weighted by atomic mass is 10.1. The van der Waals surface area contributed by atoms with Crippen LogP contribution in [0.15, 0.2) is 89.6 Å². The Balaban J connectivity index is 2.00. The minimum absolute atomic E-state index is 0.0666. The molecule has 32 heavy (non-hydrogen) atoms. The van der Waals surface area contributed by atoms with Crippen molar-refractivity contribution in [3.8, 4) is 0 Å². The highest BCUT2D eigenvalue weighted by Crippen LogP contribution is 2.29. The number of nitrogens with one attached hydrogen (secondary N) is 1. The number of benzene rings is 3. The second-order valence-electron chi connectivity index (χ2n) is 6.64. The van der Waals surface area contributed by atoms with E-state index in [1.165, 1.54) is 24.3 Å². The molecule has 164 valence electrons. The average molecular weight is 442 g/mol. The largest absolute Gasteiger partial charge is 0.416 e. The molecule has 0 bridgehead atoms. The van der Waals surface area contributed by atoms with Gasteiger partial charge in [0.1, 0.15) is 17.3 Å². The highest BCUT2D eigenvalue weighted by Gasteiger charge is 2.30. The van der Waals surface area contributed by atoms with Crippen molar-refractivity contribution in [2.45, 2.75) is 6.18 Å². The third-order valence-electron chi connectivity index (χ3n) is 4.40. The highest BCUT2D eigenvalue weighted by molar-refractivity contribution is 6.11. The summed E-state index contributed by atoms with van der Waals surface area (Å²) in [6.45, 7) is 0. The molecule has 0 aliphatic heterocycles. The molecule has 3 aromatic rings. The first-order valence-electron chi connectivity index (χ1n) is 9.29. The molecular weight excluding hydrogens is 424 g/mol. The smallest absolute Gasteiger partial charge is 0.392 e. The zero-order valence-corrected chi connectivity index (χ0v) is 16.5. The maximum absolute atomic E-state index is 14.1. The predicted octanol–water partition coefficient (Wildman–Crippen LogP) is 4.52. The molecule has 5 N–H and O–H groups in total. The lowest BCUT2D eigenvalue weighted by molar-refractivity contribution is -0.137. The van der Waals surface area contributed by atoms with E-state index >= 15 is 0 Å². The van der Waals surface area contributed by atoms with Crippen LogP contribution >= 0.6 is 0 Å². The van der Waals surface area contributed by atoms with E-state index in [0.29, 0.717) is 5.56 Å². The second-order valence-corrected chi connectivity index (χ2v) is 6.64. The van der Waals surface area contributed by atoms with E-state index < -0.39 is 35.0 Å². The molecule has 0 fully saturated rings. The number of hydrogen-bond acceptors (Lipinski definition) is 3. The van der Waals surface area contributed by atoms with Gasteiger partial charge in [0.25, 0.3) is 5.91 Å². The van der Waals surface area contributed by atoms with Crippen LogP contribution in [-0.2, 0) is 11.0 Å². The number of carbonyl (C=O) groups is 1. The molecule has 0 heterocycles. The topological polar surface area (TPSA) is 93.5 Å². The molecule has 1 amide bonds. The molecule has 0 radical (unpaired) electrons. The van der Waals surface area contributed by atoms with E-state index in [4.69, 9.17) is 11.5 Å². The molecule has 0 aromatic heterocycles. The fourth-order valence-electron chi connectivity index (χ4n) is 2.79. The van der Waals surface area contributed by atoms with E-state index in [-0.39, 0.29) is 16.9 Å². The van der Waals surface area contributed by atoms with Gasteiger partial charge in [-0.2, -0.15) is 18.2 Å². The Morgan fingerprint density at radius 1 is 0.844 bits per heavy atom. The number of aliphatic imine (C=N–C) groups is 1. The predicted molar refractivity (Wildman–Crippen MR) is 115 cm³/mol. The standard InChI is InChI=1S/C23H18F4N4O/c24-17-11-4-5-12-18(17)30-20(14-7-2-1-3-8-14)19(28)22(32)31-21(29)15-9-6-10-16(13-15)23(25,26)27/h1-13,30H,28H2,(H2,29,31,32)/b20-19-. The quantitative estimate of drug-likeness (QED) is 0.235. The van der Waals surface area contributed by atoms with Crippen LogP contribution in [0, 0.1) is 5.82 Å². The van der Waals surface area contributed by atoms with Crippen LogP contribution in [0.4, 0.5) is 23.2 Å². The number of alkyl halides is 3. The van der Waals surface area contributed by atoms with Gasteiger partial charge in [-0.05, 0) is 24.3 Å². The van der Waals surface area contributed by atoms with Crippen LogP contribution in [0.25, 0.3) is 5.70 Å². The maximum Gasteiger partial charge on any atom is 0.416 e. The zero-order valence-electron chi connectivity index (χ0n) is 16.5. The first-order valence-corrected chi connectivity index (χ1v) is 9.29. The molecule has 0 saturated heterocycles. The summed E-state index contributed by atoms with van der Waals surface area (Å²) >= 11 is 0. The summed E-state index contributed by atoms with van der Waals surface area (Å²) in [5.74, 6) is -2.02. The number of rotatable bonds is 5. The van der Waals surface area contributed by atoms with Crippen molar-refractivity contribution in [2.75, 3.05) is 5.32 Å². The van der Waals surface area contributed by atoms with Crippen LogP contribution in [0.5, 0.6) is 0 Å². The van der Waals surface area contributed by atoms with Crippen molar-refractivity contribution >= 4 is 23.1 Å². The van der Waals surface area contributed by atoms with Gasteiger partial charge in [-0.25, -0.2) is 4.39 Å². The number of amides is 1. The number of para-hydroxylation sites is 1. The molecule has 0 aliphatic carbocycles. The van der Waals surface area contributed by atoms with Crippen molar-refractivity contribution in [1.29, 1.82) is 0 Å². The lowest BCUT2D eigenvalue weighted by Crippen LogP contribution is -2.21. The monoisotopic (exact) mass is 442 g/mol. The number of amidine groups is 1. The number of nitrogens with two attached hydrogens (primary N) is 2. The minimum atomic E-state index is -4.58. The van der Waals surface area contributed by atoms with Crippen molar-refractivity contribution < 1.29 is 22.4 Å². The van der Waals surface area contributed by atoms with E-state index in [0.717, 1.165) is 18.2 Å². The van der Waals surface area contributed by atoms with Gasteiger partial charge in [0, 0.05) is 11.1 Å². The molecule has 0 unspecified atom stereocenters. The van der Waals surface area contributed by atoms with Crippen molar-refractivity contribution in [2.24, 2.45) is 16.5 Å². The summed E-state index contributed by atoms with van der Waals surface area (Å²) in [6, 6.07) is 18.3. The second kappa shape index (κ2) is 9.34. The van der Waals surface area contributed by atoms with Gasteiger partial charge in [-0.3, -0.25) is 4.79 Å². The summed E-state index contributed by atoms with van der Waals surface area (Å²) in [4.78, 5) is 16.3. The Labute approximate surface area is 181 Å². The van der Waals surface area contributed by atoms with Gasteiger partial charge >= 0.3 is 6.18 Å². The summed E-state index contributed by atoms with van der Waals surface area (Å²) in [5, 5.41) is 2.79. The summed E-state index contributed by atoms with van der Waals surface area (Å²) < 4.78 is 53.0. The van der Waals surface area contributed by atoms with Crippen LogP contribution in [0.1, 0.15) is 16.7 Å². The molecule has 0 saturated carbocycles.